The lowest BCUT2D eigenvalue weighted by atomic mass is 10.1. The van der Waals surface area contributed by atoms with Crippen molar-refractivity contribution in [3.8, 4) is 5.75 Å². The second kappa shape index (κ2) is 10.3. The lowest BCUT2D eigenvalue weighted by molar-refractivity contribution is 0.0641. The first-order chi connectivity index (χ1) is 17.6. The van der Waals surface area contributed by atoms with Gasteiger partial charge in [0, 0.05) is 43.9 Å². The lowest BCUT2D eigenvalue weighted by Gasteiger charge is -2.37. The molecule has 2 heterocycles. The van der Waals surface area contributed by atoms with E-state index in [9.17, 15) is 14.0 Å². The van der Waals surface area contributed by atoms with Crippen LogP contribution in [0.3, 0.4) is 0 Å². The zero-order valence-electron chi connectivity index (χ0n) is 20.0. The maximum absolute atomic E-state index is 14.2. The molecule has 6 nitrogen and oxygen atoms in total. The maximum atomic E-state index is 14.2. The molecule has 2 aliphatic heterocycles. The molecule has 0 spiro atoms. The molecule has 0 aliphatic carbocycles. The first kappa shape index (κ1) is 23.8. The molecule has 0 unspecified atom stereocenters. The Morgan fingerprint density at radius 1 is 0.833 bits per heavy atom. The molecule has 0 N–H and O–H groups in total. The molecule has 0 saturated carbocycles. The van der Waals surface area contributed by atoms with Crippen LogP contribution in [-0.4, -0.2) is 54.4 Å². The number of piperazine rings is 1. The van der Waals surface area contributed by atoms with Gasteiger partial charge in [0.15, 0.2) is 0 Å². The van der Waals surface area contributed by atoms with Gasteiger partial charge in [-0.15, -0.1) is 0 Å². The van der Waals surface area contributed by atoms with Gasteiger partial charge in [-0.25, -0.2) is 4.39 Å². The van der Waals surface area contributed by atoms with E-state index >= 15 is 0 Å². The highest BCUT2D eigenvalue weighted by molar-refractivity contribution is 6.23. The summed E-state index contributed by atoms with van der Waals surface area (Å²) in [5, 5.41) is 0. The van der Waals surface area contributed by atoms with Crippen molar-refractivity contribution in [1.29, 1.82) is 0 Å². The minimum Gasteiger partial charge on any atom is -0.489 e. The van der Waals surface area contributed by atoms with Gasteiger partial charge in [0.05, 0.1) is 23.4 Å². The third-order valence-corrected chi connectivity index (χ3v) is 6.70. The van der Waals surface area contributed by atoms with Gasteiger partial charge in [-0.2, -0.15) is 0 Å². The molecular weight excluding hydrogens is 457 g/mol. The van der Waals surface area contributed by atoms with Gasteiger partial charge in [-0.1, -0.05) is 55.1 Å². The van der Waals surface area contributed by atoms with E-state index in [0.717, 1.165) is 54.6 Å². The molecule has 3 aromatic rings. The first-order valence-electron chi connectivity index (χ1n) is 12.1. The van der Waals surface area contributed by atoms with Crippen LogP contribution in [0.4, 0.5) is 10.1 Å². The molecule has 1 saturated heterocycles. The predicted molar refractivity (Wildman–Crippen MR) is 137 cm³/mol. The second-order valence-corrected chi connectivity index (χ2v) is 8.96. The second-order valence-electron chi connectivity index (χ2n) is 8.96. The fourth-order valence-electron chi connectivity index (χ4n) is 4.83. The summed E-state index contributed by atoms with van der Waals surface area (Å²) in [6.07, 6.45) is 1.73. The number of ether oxygens (including phenoxy) is 1. The minimum absolute atomic E-state index is 0.0838. The average Bonchev–Trinajstić information content (AvgIpc) is 3.15. The van der Waals surface area contributed by atoms with E-state index in [-0.39, 0.29) is 18.4 Å². The molecule has 3 aromatic carbocycles. The Balaban J connectivity index is 1.29. The monoisotopic (exact) mass is 485 g/mol. The molecule has 2 amide bonds. The van der Waals surface area contributed by atoms with E-state index in [2.05, 4.69) is 22.4 Å². The van der Waals surface area contributed by atoms with E-state index in [1.807, 2.05) is 30.3 Å². The number of amides is 2. The molecule has 5 rings (SSSR count). The molecule has 7 heteroatoms. The van der Waals surface area contributed by atoms with Crippen molar-refractivity contribution in [2.45, 2.75) is 13.1 Å². The van der Waals surface area contributed by atoms with Crippen molar-refractivity contribution in [2.24, 2.45) is 0 Å². The number of para-hydroxylation sites is 1. The number of anilines is 1. The molecule has 36 heavy (non-hydrogen) atoms. The van der Waals surface area contributed by atoms with E-state index in [4.69, 9.17) is 4.74 Å². The van der Waals surface area contributed by atoms with E-state index in [1.54, 1.807) is 30.3 Å². The summed E-state index contributed by atoms with van der Waals surface area (Å²) >= 11 is 0. The van der Waals surface area contributed by atoms with Crippen LogP contribution < -0.4 is 9.64 Å². The number of hydrogen-bond donors (Lipinski definition) is 0. The van der Waals surface area contributed by atoms with Crippen molar-refractivity contribution in [2.75, 3.05) is 37.7 Å². The predicted octanol–water partition coefficient (Wildman–Crippen LogP) is 4.51. The SMILES string of the molecule is C=CCOc1ccccc1CN1CCN(c2cccc3c2C(=O)N(Cc2ccccc2F)C3=O)CC1. The van der Waals surface area contributed by atoms with Gasteiger partial charge in [-0.3, -0.25) is 19.4 Å². The first-order valence-corrected chi connectivity index (χ1v) is 12.1. The topological polar surface area (TPSA) is 53.1 Å². The third-order valence-electron chi connectivity index (χ3n) is 6.70. The van der Waals surface area contributed by atoms with Gasteiger partial charge < -0.3 is 9.64 Å². The Labute approximate surface area is 210 Å². The van der Waals surface area contributed by atoms with Crippen LogP contribution in [0.15, 0.2) is 79.4 Å². The Bertz CT molecular complexity index is 1300. The van der Waals surface area contributed by atoms with Crippen LogP contribution >= 0.6 is 0 Å². The number of benzene rings is 3. The number of carbonyl (C=O) groups is 2. The van der Waals surface area contributed by atoms with Crippen molar-refractivity contribution >= 4 is 17.5 Å². The number of nitrogens with zero attached hydrogens (tertiary/aromatic N) is 3. The van der Waals surface area contributed by atoms with Gasteiger partial charge in [0.1, 0.15) is 18.2 Å². The van der Waals surface area contributed by atoms with Crippen LogP contribution in [-0.2, 0) is 13.1 Å². The average molecular weight is 486 g/mol. The normalized spacial score (nSPS) is 15.8. The molecular formula is C29H28FN3O3. The highest BCUT2D eigenvalue weighted by Crippen LogP contribution is 2.33. The largest absolute Gasteiger partial charge is 0.489 e. The lowest BCUT2D eigenvalue weighted by Crippen LogP contribution is -2.46. The number of imide groups is 1. The Morgan fingerprint density at radius 3 is 2.31 bits per heavy atom. The van der Waals surface area contributed by atoms with Crippen molar-refractivity contribution in [3.05, 3.63) is 107 Å². The molecule has 2 aliphatic rings. The Morgan fingerprint density at radius 2 is 1.56 bits per heavy atom. The van der Waals surface area contributed by atoms with Crippen LogP contribution in [0.1, 0.15) is 31.8 Å². The summed E-state index contributed by atoms with van der Waals surface area (Å²) < 4.78 is 20.0. The minimum atomic E-state index is -0.429. The van der Waals surface area contributed by atoms with Crippen LogP contribution in [0.25, 0.3) is 0 Å². The van der Waals surface area contributed by atoms with Gasteiger partial charge in [0.25, 0.3) is 11.8 Å². The zero-order valence-corrected chi connectivity index (χ0v) is 20.0. The fourth-order valence-corrected chi connectivity index (χ4v) is 4.83. The van der Waals surface area contributed by atoms with Crippen molar-refractivity contribution < 1.29 is 18.7 Å². The number of fused-ring (bicyclic) bond motifs is 1. The van der Waals surface area contributed by atoms with E-state index in [0.29, 0.717) is 23.3 Å². The Kier molecular flexibility index (Phi) is 6.82. The molecule has 0 bridgehead atoms. The number of hydrogen-bond acceptors (Lipinski definition) is 5. The van der Waals surface area contributed by atoms with Crippen LogP contribution in [0.5, 0.6) is 5.75 Å². The van der Waals surface area contributed by atoms with Crippen molar-refractivity contribution in [1.82, 2.24) is 9.80 Å². The van der Waals surface area contributed by atoms with Gasteiger partial charge >= 0.3 is 0 Å². The van der Waals surface area contributed by atoms with Crippen molar-refractivity contribution in [3.63, 3.8) is 0 Å². The van der Waals surface area contributed by atoms with E-state index < -0.39 is 5.82 Å². The summed E-state index contributed by atoms with van der Waals surface area (Å²) in [6.45, 7) is 7.92. The molecule has 0 atom stereocenters. The summed E-state index contributed by atoms with van der Waals surface area (Å²) in [7, 11) is 0. The quantitative estimate of drug-likeness (QED) is 0.347. The van der Waals surface area contributed by atoms with Gasteiger partial charge in [0.2, 0.25) is 0 Å². The van der Waals surface area contributed by atoms with Gasteiger partial charge in [-0.05, 0) is 24.3 Å². The number of halogens is 1. The summed E-state index contributed by atoms with van der Waals surface area (Å²) in [6, 6.07) is 19.6. The van der Waals surface area contributed by atoms with Crippen LogP contribution in [0, 0.1) is 5.82 Å². The fraction of sp³-hybridized carbons (Fsp3) is 0.241. The molecule has 0 radical (unpaired) electrons. The third kappa shape index (κ3) is 4.62. The molecule has 0 aromatic heterocycles. The zero-order chi connectivity index (χ0) is 25.1. The highest BCUT2D eigenvalue weighted by Gasteiger charge is 2.39. The van der Waals surface area contributed by atoms with E-state index in [1.165, 1.54) is 6.07 Å². The molecule has 1 fully saturated rings. The number of carbonyl (C=O) groups excluding carboxylic acids is 2. The number of rotatable bonds is 8. The molecule has 184 valence electrons. The maximum Gasteiger partial charge on any atom is 0.263 e. The summed E-state index contributed by atoms with van der Waals surface area (Å²) in [4.78, 5) is 32.1. The smallest absolute Gasteiger partial charge is 0.263 e. The summed E-state index contributed by atoms with van der Waals surface area (Å²) in [5.41, 5.74) is 2.99. The Hall–Kier alpha value is -3.97. The van der Waals surface area contributed by atoms with Crippen LogP contribution in [0.2, 0.25) is 0 Å². The summed E-state index contributed by atoms with van der Waals surface area (Å²) in [5.74, 6) is -0.318. The standard InChI is InChI=1S/C29H28FN3O3/c1-2-18-36-26-13-6-4-9-22(26)19-31-14-16-32(17-15-31)25-12-7-10-23-27(25)29(35)33(28(23)34)20-21-8-3-5-11-24(21)30/h2-13H,1,14-20H2. The highest BCUT2D eigenvalue weighted by atomic mass is 19.1.